The molecule has 1 nitrogen and oxygen atoms in total. The highest BCUT2D eigenvalue weighted by atomic mass is 35.5. The third kappa shape index (κ3) is 3.41. The van der Waals surface area contributed by atoms with Gasteiger partial charge < -0.3 is 0 Å². The summed E-state index contributed by atoms with van der Waals surface area (Å²) >= 11 is 5.54. The van der Waals surface area contributed by atoms with Gasteiger partial charge in [-0.05, 0) is 17.7 Å². The van der Waals surface area contributed by atoms with Crippen LogP contribution in [-0.4, -0.2) is 0 Å². The first-order valence-corrected chi connectivity index (χ1v) is 4.45. The molecular weight excluding hydrogens is 170 g/mol. The Labute approximate surface area is 78.6 Å². The Balaban J connectivity index is 0.000000561. The van der Waals surface area contributed by atoms with Crippen molar-refractivity contribution < 1.29 is 0 Å². The quantitative estimate of drug-likeness (QED) is 0.610. The van der Waals surface area contributed by atoms with Crippen molar-refractivity contribution in [1.29, 1.82) is 5.26 Å². The summed E-state index contributed by atoms with van der Waals surface area (Å²) in [6.45, 7) is 4.00. The van der Waals surface area contributed by atoms with Crippen molar-refractivity contribution >= 4 is 11.6 Å². The van der Waals surface area contributed by atoms with Gasteiger partial charge in [-0.15, -0.1) is 11.6 Å². The Morgan fingerprint density at radius 3 is 2.08 bits per heavy atom. The van der Waals surface area contributed by atoms with Crippen molar-refractivity contribution in [3.8, 4) is 6.07 Å². The first-order chi connectivity index (χ1) is 5.86. The van der Waals surface area contributed by atoms with Crippen LogP contribution in [0.25, 0.3) is 0 Å². The van der Waals surface area contributed by atoms with Crippen molar-refractivity contribution in [2.75, 3.05) is 0 Å². The van der Waals surface area contributed by atoms with E-state index in [2.05, 4.69) is 0 Å². The molecule has 0 aromatic heterocycles. The highest BCUT2D eigenvalue weighted by Crippen LogP contribution is 2.05. The predicted octanol–water partition coefficient (Wildman–Crippen LogP) is 3.32. The maximum atomic E-state index is 8.42. The Morgan fingerprint density at radius 1 is 1.25 bits per heavy atom. The number of rotatable bonds is 1. The van der Waals surface area contributed by atoms with E-state index in [0.717, 1.165) is 5.56 Å². The summed E-state index contributed by atoms with van der Waals surface area (Å²) in [5, 5.41) is 8.42. The van der Waals surface area contributed by atoms with Gasteiger partial charge in [-0.1, -0.05) is 26.0 Å². The fourth-order valence-corrected chi connectivity index (χ4v) is 0.847. The zero-order chi connectivity index (χ0) is 9.40. The van der Waals surface area contributed by atoms with Gasteiger partial charge >= 0.3 is 0 Å². The molecule has 0 saturated carbocycles. The average molecular weight is 182 g/mol. The molecule has 0 aliphatic rings. The van der Waals surface area contributed by atoms with Gasteiger partial charge in [0.1, 0.15) is 0 Å². The Bertz CT molecular complexity index is 246. The van der Waals surface area contributed by atoms with Crippen molar-refractivity contribution in [2.24, 2.45) is 0 Å². The minimum absolute atomic E-state index is 0.506. The highest BCUT2D eigenvalue weighted by Gasteiger charge is 1.89. The molecule has 0 heterocycles. The van der Waals surface area contributed by atoms with Gasteiger partial charge in [0, 0.05) is 5.88 Å². The number of benzene rings is 1. The van der Waals surface area contributed by atoms with Crippen LogP contribution < -0.4 is 0 Å². The van der Waals surface area contributed by atoms with Crippen LogP contribution in [0.4, 0.5) is 0 Å². The van der Waals surface area contributed by atoms with Crippen LogP contribution in [0.1, 0.15) is 25.0 Å². The second-order valence-corrected chi connectivity index (χ2v) is 2.21. The molecule has 0 spiro atoms. The summed E-state index contributed by atoms with van der Waals surface area (Å²) in [6.07, 6.45) is 0. The Kier molecular flexibility index (Phi) is 6.14. The molecule has 0 aliphatic carbocycles. The van der Waals surface area contributed by atoms with E-state index in [0.29, 0.717) is 11.4 Å². The summed E-state index contributed by atoms with van der Waals surface area (Å²) in [7, 11) is 0. The van der Waals surface area contributed by atoms with E-state index in [-0.39, 0.29) is 0 Å². The smallest absolute Gasteiger partial charge is 0.0991 e. The van der Waals surface area contributed by atoms with Gasteiger partial charge in [-0.2, -0.15) is 5.26 Å². The number of hydrogen-bond donors (Lipinski definition) is 0. The number of alkyl halides is 1. The minimum atomic E-state index is 0.506. The molecule has 12 heavy (non-hydrogen) atoms. The molecule has 0 amide bonds. The number of halogens is 1. The van der Waals surface area contributed by atoms with E-state index < -0.39 is 0 Å². The Hall–Kier alpha value is -1.00. The van der Waals surface area contributed by atoms with Crippen molar-refractivity contribution in [3.05, 3.63) is 35.4 Å². The summed E-state index contributed by atoms with van der Waals surface area (Å²) in [5.41, 5.74) is 1.72. The lowest BCUT2D eigenvalue weighted by molar-refractivity contribution is 1.38. The molecule has 0 aliphatic heterocycles. The molecule has 1 aromatic rings. The second-order valence-electron chi connectivity index (χ2n) is 1.94. The molecule has 0 fully saturated rings. The number of hydrogen-bond acceptors (Lipinski definition) is 1. The zero-order valence-electron chi connectivity index (χ0n) is 7.34. The van der Waals surface area contributed by atoms with Crippen LogP contribution in [0.2, 0.25) is 0 Å². The molecule has 2 heteroatoms. The molecule has 0 N–H and O–H groups in total. The van der Waals surface area contributed by atoms with Crippen LogP contribution >= 0.6 is 11.6 Å². The molecule has 64 valence electrons. The molecule has 0 unspecified atom stereocenters. The number of nitrogens with zero attached hydrogens (tertiary/aromatic N) is 1. The average Bonchev–Trinajstić information content (AvgIpc) is 2.21. The van der Waals surface area contributed by atoms with E-state index in [1.807, 2.05) is 32.0 Å². The van der Waals surface area contributed by atoms with Crippen LogP contribution in [0.3, 0.4) is 0 Å². The Morgan fingerprint density at radius 2 is 1.75 bits per heavy atom. The van der Waals surface area contributed by atoms with Crippen LogP contribution in [0, 0.1) is 11.3 Å². The summed E-state index contributed by atoms with van der Waals surface area (Å²) < 4.78 is 0. The van der Waals surface area contributed by atoms with E-state index in [1.165, 1.54) is 0 Å². The van der Waals surface area contributed by atoms with Crippen molar-refractivity contribution in [3.63, 3.8) is 0 Å². The lowest BCUT2D eigenvalue weighted by atomic mass is 10.2. The molecule has 1 aromatic carbocycles. The monoisotopic (exact) mass is 181 g/mol. The van der Waals surface area contributed by atoms with E-state index in [9.17, 15) is 0 Å². The molecule has 1 rings (SSSR count). The van der Waals surface area contributed by atoms with Gasteiger partial charge in [0.25, 0.3) is 0 Å². The summed E-state index contributed by atoms with van der Waals surface area (Å²) in [5.74, 6) is 0.506. The highest BCUT2D eigenvalue weighted by molar-refractivity contribution is 6.17. The maximum absolute atomic E-state index is 8.42. The third-order valence-electron chi connectivity index (χ3n) is 1.24. The zero-order valence-corrected chi connectivity index (χ0v) is 8.10. The first-order valence-electron chi connectivity index (χ1n) is 3.92. The van der Waals surface area contributed by atoms with E-state index in [4.69, 9.17) is 16.9 Å². The summed E-state index contributed by atoms with van der Waals surface area (Å²) in [6, 6.07) is 9.26. The van der Waals surface area contributed by atoms with Crippen molar-refractivity contribution in [2.45, 2.75) is 19.7 Å². The lowest BCUT2D eigenvalue weighted by Gasteiger charge is -1.91. The molecule has 0 saturated heterocycles. The maximum Gasteiger partial charge on any atom is 0.0991 e. The topological polar surface area (TPSA) is 23.8 Å². The number of nitriles is 1. The lowest BCUT2D eigenvalue weighted by Crippen LogP contribution is -1.77. The molecular formula is C10H12ClN. The van der Waals surface area contributed by atoms with E-state index >= 15 is 0 Å². The van der Waals surface area contributed by atoms with Crippen LogP contribution in [-0.2, 0) is 5.88 Å². The van der Waals surface area contributed by atoms with E-state index in [1.54, 1.807) is 12.1 Å². The fraction of sp³-hybridized carbons (Fsp3) is 0.300. The van der Waals surface area contributed by atoms with Crippen LogP contribution in [0.5, 0.6) is 0 Å². The fourth-order valence-electron chi connectivity index (χ4n) is 0.668. The van der Waals surface area contributed by atoms with Crippen molar-refractivity contribution in [1.82, 2.24) is 0 Å². The molecule has 0 radical (unpaired) electrons. The predicted molar refractivity (Wildman–Crippen MR) is 52.1 cm³/mol. The second kappa shape index (κ2) is 6.69. The largest absolute Gasteiger partial charge is 0.192 e. The van der Waals surface area contributed by atoms with Gasteiger partial charge in [0.15, 0.2) is 0 Å². The molecule has 0 atom stereocenters. The van der Waals surface area contributed by atoms with Gasteiger partial charge in [-0.3, -0.25) is 0 Å². The minimum Gasteiger partial charge on any atom is -0.192 e. The molecule has 0 bridgehead atoms. The SMILES string of the molecule is CC.N#Cc1ccc(CCl)cc1. The third-order valence-corrected chi connectivity index (χ3v) is 1.55. The first kappa shape index (κ1) is 11.0. The van der Waals surface area contributed by atoms with Gasteiger partial charge in [-0.25, -0.2) is 0 Å². The van der Waals surface area contributed by atoms with Gasteiger partial charge in [0.05, 0.1) is 11.6 Å². The van der Waals surface area contributed by atoms with Crippen LogP contribution in [0.15, 0.2) is 24.3 Å². The summed E-state index contributed by atoms with van der Waals surface area (Å²) in [4.78, 5) is 0. The van der Waals surface area contributed by atoms with Gasteiger partial charge in [0.2, 0.25) is 0 Å². The standard InChI is InChI=1S/C8H6ClN.C2H6/c9-5-7-1-3-8(6-10)4-2-7;1-2/h1-4H,5H2;1-2H3. The normalized spacial score (nSPS) is 7.83.